The smallest absolute Gasteiger partial charge is 0.312 e. The van der Waals surface area contributed by atoms with Gasteiger partial charge in [0.1, 0.15) is 0 Å². The normalized spacial score (nSPS) is 22.6. The Labute approximate surface area is 137 Å². The summed E-state index contributed by atoms with van der Waals surface area (Å²) in [6, 6.07) is 6.17. The van der Waals surface area contributed by atoms with Gasteiger partial charge in [-0.1, -0.05) is 39.7 Å². The minimum Gasteiger partial charge on any atom is -0.312 e. The molecule has 0 saturated heterocycles. The van der Waals surface area contributed by atoms with Crippen LogP contribution in [0.1, 0.15) is 46.5 Å². The zero-order valence-electron chi connectivity index (χ0n) is 14.5. The van der Waals surface area contributed by atoms with Gasteiger partial charge in [-0.05, 0) is 36.3 Å². The first-order chi connectivity index (χ1) is 11.0. The van der Waals surface area contributed by atoms with Gasteiger partial charge in [0.05, 0.1) is 6.54 Å². The lowest BCUT2D eigenvalue weighted by Crippen LogP contribution is -2.45. The molecule has 5 nitrogen and oxygen atoms in total. The highest BCUT2D eigenvalue weighted by molar-refractivity contribution is 5.35. The van der Waals surface area contributed by atoms with Crippen LogP contribution in [0.2, 0.25) is 0 Å². The molecule has 1 aliphatic carbocycles. The van der Waals surface area contributed by atoms with E-state index in [1.807, 2.05) is 18.2 Å². The SMILES string of the molecule is CC(C)(C)C1CCCCC1NCCn1nc2ccccn2c1=O. The van der Waals surface area contributed by atoms with Gasteiger partial charge in [0, 0.05) is 18.8 Å². The molecule has 3 rings (SSSR count). The van der Waals surface area contributed by atoms with E-state index < -0.39 is 0 Å². The van der Waals surface area contributed by atoms with E-state index in [-0.39, 0.29) is 5.69 Å². The lowest BCUT2D eigenvalue weighted by molar-refractivity contribution is 0.130. The van der Waals surface area contributed by atoms with E-state index in [0.29, 0.717) is 29.6 Å². The van der Waals surface area contributed by atoms with Gasteiger partial charge in [-0.3, -0.25) is 4.40 Å². The topological polar surface area (TPSA) is 51.3 Å². The van der Waals surface area contributed by atoms with Crippen molar-refractivity contribution < 1.29 is 0 Å². The van der Waals surface area contributed by atoms with E-state index in [9.17, 15) is 4.79 Å². The lowest BCUT2D eigenvalue weighted by atomic mass is 9.69. The van der Waals surface area contributed by atoms with Crippen molar-refractivity contribution in [3.8, 4) is 0 Å². The molecule has 1 N–H and O–H groups in total. The highest BCUT2D eigenvalue weighted by Crippen LogP contribution is 2.37. The summed E-state index contributed by atoms with van der Waals surface area (Å²) in [6.07, 6.45) is 6.95. The Kier molecular flexibility index (Phi) is 4.57. The van der Waals surface area contributed by atoms with Gasteiger partial charge in [0.2, 0.25) is 0 Å². The Morgan fingerprint density at radius 1 is 1.26 bits per heavy atom. The molecule has 0 bridgehead atoms. The predicted octanol–water partition coefficient (Wildman–Crippen LogP) is 2.69. The largest absolute Gasteiger partial charge is 0.350 e. The average Bonchev–Trinajstić information content (AvgIpc) is 2.84. The van der Waals surface area contributed by atoms with Crippen molar-refractivity contribution in [2.24, 2.45) is 11.3 Å². The molecule has 5 heteroatoms. The molecule has 0 spiro atoms. The first-order valence-corrected chi connectivity index (χ1v) is 8.74. The van der Waals surface area contributed by atoms with Crippen molar-refractivity contribution in [1.29, 1.82) is 0 Å². The van der Waals surface area contributed by atoms with Crippen LogP contribution in [0.25, 0.3) is 5.65 Å². The van der Waals surface area contributed by atoms with E-state index >= 15 is 0 Å². The van der Waals surface area contributed by atoms with Crippen LogP contribution in [-0.2, 0) is 6.54 Å². The van der Waals surface area contributed by atoms with Crippen LogP contribution in [0.4, 0.5) is 0 Å². The molecule has 0 aromatic carbocycles. The van der Waals surface area contributed by atoms with Crippen LogP contribution >= 0.6 is 0 Å². The van der Waals surface area contributed by atoms with Gasteiger partial charge in [0.15, 0.2) is 5.65 Å². The maximum Gasteiger partial charge on any atom is 0.350 e. The van der Waals surface area contributed by atoms with Crippen molar-refractivity contribution in [2.45, 2.75) is 59.0 Å². The number of nitrogens with one attached hydrogen (secondary N) is 1. The van der Waals surface area contributed by atoms with Gasteiger partial charge in [-0.2, -0.15) is 0 Å². The molecule has 2 atom stereocenters. The summed E-state index contributed by atoms with van der Waals surface area (Å²) in [4.78, 5) is 12.3. The molecule has 0 radical (unpaired) electrons. The summed E-state index contributed by atoms with van der Waals surface area (Å²) in [6.45, 7) is 8.42. The summed E-state index contributed by atoms with van der Waals surface area (Å²) in [5.74, 6) is 0.703. The number of hydrogen-bond acceptors (Lipinski definition) is 3. The van der Waals surface area contributed by atoms with Gasteiger partial charge in [-0.15, -0.1) is 5.10 Å². The number of fused-ring (bicyclic) bond motifs is 1. The third-order valence-electron chi connectivity index (χ3n) is 5.10. The number of pyridine rings is 1. The van der Waals surface area contributed by atoms with Crippen molar-refractivity contribution in [3.05, 3.63) is 34.9 Å². The highest BCUT2D eigenvalue weighted by atomic mass is 16.2. The number of rotatable bonds is 4. The number of hydrogen-bond donors (Lipinski definition) is 1. The molecular weight excluding hydrogens is 288 g/mol. The molecule has 2 heterocycles. The van der Waals surface area contributed by atoms with Crippen LogP contribution in [0, 0.1) is 11.3 Å². The first kappa shape index (κ1) is 16.2. The van der Waals surface area contributed by atoms with Crippen molar-refractivity contribution in [1.82, 2.24) is 19.5 Å². The fraction of sp³-hybridized carbons (Fsp3) is 0.667. The van der Waals surface area contributed by atoms with Crippen LogP contribution in [0.3, 0.4) is 0 Å². The fourth-order valence-corrected chi connectivity index (χ4v) is 3.88. The second-order valence-corrected chi connectivity index (χ2v) is 7.75. The van der Waals surface area contributed by atoms with Gasteiger partial charge < -0.3 is 5.32 Å². The third kappa shape index (κ3) is 3.50. The Morgan fingerprint density at radius 3 is 2.78 bits per heavy atom. The Balaban J connectivity index is 1.64. The van der Waals surface area contributed by atoms with Crippen molar-refractivity contribution in [2.75, 3.05) is 6.54 Å². The summed E-state index contributed by atoms with van der Waals surface area (Å²) in [5.41, 5.74) is 0.985. The van der Waals surface area contributed by atoms with Crippen LogP contribution < -0.4 is 11.0 Å². The summed E-state index contributed by atoms with van der Waals surface area (Å²) in [7, 11) is 0. The number of nitrogens with zero attached hydrogens (tertiary/aromatic N) is 3. The third-order valence-corrected chi connectivity index (χ3v) is 5.10. The second kappa shape index (κ2) is 6.48. The zero-order chi connectivity index (χ0) is 16.4. The number of aromatic nitrogens is 3. The van der Waals surface area contributed by atoms with Crippen molar-refractivity contribution >= 4 is 5.65 Å². The maximum atomic E-state index is 12.3. The fourth-order valence-electron chi connectivity index (χ4n) is 3.88. The van der Waals surface area contributed by atoms with Crippen LogP contribution in [0.5, 0.6) is 0 Å². The Bertz CT molecular complexity index is 710. The van der Waals surface area contributed by atoms with Crippen molar-refractivity contribution in [3.63, 3.8) is 0 Å². The first-order valence-electron chi connectivity index (χ1n) is 8.74. The maximum absolute atomic E-state index is 12.3. The minimum atomic E-state index is -0.0570. The molecule has 1 aliphatic rings. The van der Waals surface area contributed by atoms with Gasteiger partial charge >= 0.3 is 5.69 Å². The molecule has 23 heavy (non-hydrogen) atoms. The molecule has 2 unspecified atom stereocenters. The molecule has 1 saturated carbocycles. The molecule has 2 aromatic rings. The second-order valence-electron chi connectivity index (χ2n) is 7.75. The molecule has 126 valence electrons. The summed E-state index contributed by atoms with van der Waals surface area (Å²) >= 11 is 0. The van der Waals surface area contributed by atoms with E-state index in [1.165, 1.54) is 25.7 Å². The molecule has 1 fully saturated rings. The molecule has 0 amide bonds. The zero-order valence-corrected chi connectivity index (χ0v) is 14.5. The quantitative estimate of drug-likeness (QED) is 0.943. The Hall–Kier alpha value is -1.62. The van der Waals surface area contributed by atoms with Crippen LogP contribution in [-0.4, -0.2) is 26.8 Å². The van der Waals surface area contributed by atoms with E-state index in [0.717, 1.165) is 6.54 Å². The summed E-state index contributed by atoms with van der Waals surface area (Å²) in [5, 5.41) is 8.08. The molecular formula is C18H28N4O. The highest BCUT2D eigenvalue weighted by Gasteiger charge is 2.33. The minimum absolute atomic E-state index is 0.0570. The monoisotopic (exact) mass is 316 g/mol. The molecule has 0 aliphatic heterocycles. The lowest BCUT2D eigenvalue weighted by Gasteiger charge is -2.41. The van der Waals surface area contributed by atoms with E-state index in [4.69, 9.17) is 0 Å². The average molecular weight is 316 g/mol. The Morgan fingerprint density at radius 2 is 2.04 bits per heavy atom. The van der Waals surface area contributed by atoms with Gasteiger partial charge in [-0.25, -0.2) is 9.48 Å². The van der Waals surface area contributed by atoms with E-state index in [1.54, 1.807) is 15.3 Å². The standard InChI is InChI=1S/C18H28N4O/c1-18(2,3)14-8-4-5-9-15(14)19-11-13-22-17(23)21-12-7-6-10-16(21)20-22/h6-7,10,12,14-15,19H,4-5,8-9,11,13H2,1-3H3. The molecule has 2 aromatic heterocycles. The summed E-state index contributed by atoms with van der Waals surface area (Å²) < 4.78 is 3.16. The predicted molar refractivity (Wildman–Crippen MR) is 92.7 cm³/mol. The van der Waals surface area contributed by atoms with Gasteiger partial charge in [0.25, 0.3) is 0 Å². The van der Waals surface area contributed by atoms with E-state index in [2.05, 4.69) is 31.2 Å². The van der Waals surface area contributed by atoms with Crippen LogP contribution in [0.15, 0.2) is 29.2 Å².